The highest BCUT2D eigenvalue weighted by atomic mass is 35.5. The predicted molar refractivity (Wildman–Crippen MR) is 90.6 cm³/mol. The van der Waals surface area contributed by atoms with Crippen molar-refractivity contribution < 1.29 is 19.0 Å². The second-order valence-electron chi connectivity index (χ2n) is 5.41. The molecule has 0 spiro atoms. The zero-order chi connectivity index (χ0) is 16.1. The van der Waals surface area contributed by atoms with E-state index >= 15 is 0 Å². The molecule has 23 heavy (non-hydrogen) atoms. The van der Waals surface area contributed by atoms with Crippen LogP contribution in [0.15, 0.2) is 12.1 Å². The van der Waals surface area contributed by atoms with Crippen LogP contribution in [-0.4, -0.2) is 57.9 Å². The number of hydrogen-bond acceptors (Lipinski definition) is 5. The van der Waals surface area contributed by atoms with Gasteiger partial charge in [-0.05, 0) is 30.2 Å². The van der Waals surface area contributed by atoms with Crippen LogP contribution >= 0.6 is 12.4 Å². The number of hydrogen-bond donors (Lipinski definition) is 1. The molecule has 130 valence electrons. The Morgan fingerprint density at radius 2 is 2.00 bits per heavy atom. The van der Waals surface area contributed by atoms with Crippen LogP contribution in [0.5, 0.6) is 11.5 Å². The first kappa shape index (κ1) is 19.5. The maximum Gasteiger partial charge on any atom is 0.242 e. The molecule has 1 atom stereocenters. The Bertz CT molecular complexity index is 533. The summed E-state index contributed by atoms with van der Waals surface area (Å²) >= 11 is 0. The lowest BCUT2D eigenvalue weighted by Gasteiger charge is -2.28. The number of aryl methyl sites for hydroxylation is 1. The molecule has 1 aliphatic rings. The van der Waals surface area contributed by atoms with Gasteiger partial charge in [-0.1, -0.05) is 0 Å². The second kappa shape index (κ2) is 8.96. The third-order valence-corrected chi connectivity index (χ3v) is 3.85. The lowest BCUT2D eigenvalue weighted by Crippen LogP contribution is -2.51. The van der Waals surface area contributed by atoms with Crippen LogP contribution < -0.4 is 14.8 Å². The van der Waals surface area contributed by atoms with Crippen LogP contribution in [-0.2, 0) is 16.1 Å². The molecule has 6 nitrogen and oxygen atoms in total. The van der Waals surface area contributed by atoms with Crippen molar-refractivity contribution in [2.75, 3.05) is 41.0 Å². The summed E-state index contributed by atoms with van der Waals surface area (Å²) in [6.45, 7) is 4.30. The van der Waals surface area contributed by atoms with Gasteiger partial charge in [0.25, 0.3) is 0 Å². The number of amides is 1. The molecule has 1 N–H and O–H groups in total. The summed E-state index contributed by atoms with van der Waals surface area (Å²) in [5.74, 6) is 1.40. The highest BCUT2D eigenvalue weighted by molar-refractivity contribution is 5.85. The molecule has 0 bridgehead atoms. The van der Waals surface area contributed by atoms with Crippen molar-refractivity contribution in [3.63, 3.8) is 0 Å². The number of carbonyl (C=O) groups excluding carboxylic acids is 1. The Morgan fingerprint density at radius 3 is 2.57 bits per heavy atom. The largest absolute Gasteiger partial charge is 0.493 e. The fourth-order valence-corrected chi connectivity index (χ4v) is 2.52. The quantitative estimate of drug-likeness (QED) is 0.874. The van der Waals surface area contributed by atoms with Gasteiger partial charge in [0.05, 0.1) is 27.4 Å². The van der Waals surface area contributed by atoms with Crippen molar-refractivity contribution in [1.82, 2.24) is 10.2 Å². The van der Waals surface area contributed by atoms with E-state index in [4.69, 9.17) is 14.2 Å². The zero-order valence-corrected chi connectivity index (χ0v) is 14.9. The Morgan fingerprint density at radius 1 is 1.35 bits per heavy atom. The van der Waals surface area contributed by atoms with Crippen molar-refractivity contribution >= 4 is 18.3 Å². The van der Waals surface area contributed by atoms with Gasteiger partial charge in [0.1, 0.15) is 6.04 Å². The molecule has 1 saturated heterocycles. The van der Waals surface area contributed by atoms with E-state index in [0.29, 0.717) is 37.8 Å². The third-order valence-electron chi connectivity index (χ3n) is 3.85. The normalized spacial score (nSPS) is 17.1. The number of benzene rings is 1. The SMILES string of the molecule is COc1cc(C)c(CN(C)C(=O)C2COCCN2)cc1OC.Cl. The van der Waals surface area contributed by atoms with Crippen molar-refractivity contribution in [3.05, 3.63) is 23.3 Å². The molecular formula is C16H25ClN2O4. The van der Waals surface area contributed by atoms with Gasteiger partial charge in [0.15, 0.2) is 11.5 Å². The van der Waals surface area contributed by atoms with E-state index in [1.807, 2.05) is 19.1 Å². The van der Waals surface area contributed by atoms with E-state index in [1.54, 1.807) is 26.2 Å². The Balaban J connectivity index is 0.00000264. The molecule has 1 heterocycles. The summed E-state index contributed by atoms with van der Waals surface area (Å²) < 4.78 is 16.0. The van der Waals surface area contributed by atoms with Gasteiger partial charge >= 0.3 is 0 Å². The Labute approximate surface area is 143 Å². The molecule has 1 amide bonds. The molecule has 7 heteroatoms. The number of morpholine rings is 1. The molecule has 1 fully saturated rings. The number of nitrogens with one attached hydrogen (secondary N) is 1. The van der Waals surface area contributed by atoms with E-state index < -0.39 is 0 Å². The van der Waals surface area contributed by atoms with Crippen LogP contribution in [0.25, 0.3) is 0 Å². The average molecular weight is 345 g/mol. The smallest absolute Gasteiger partial charge is 0.242 e. The monoisotopic (exact) mass is 344 g/mol. The number of carbonyl (C=O) groups is 1. The molecule has 0 aromatic heterocycles. The first-order valence-electron chi connectivity index (χ1n) is 7.34. The predicted octanol–water partition coefficient (Wildman–Crippen LogP) is 1.38. The summed E-state index contributed by atoms with van der Waals surface area (Å²) in [4.78, 5) is 14.1. The lowest BCUT2D eigenvalue weighted by atomic mass is 10.1. The van der Waals surface area contributed by atoms with E-state index in [1.165, 1.54) is 0 Å². The van der Waals surface area contributed by atoms with E-state index in [-0.39, 0.29) is 24.4 Å². The first-order valence-corrected chi connectivity index (χ1v) is 7.34. The number of halogens is 1. The van der Waals surface area contributed by atoms with Crippen LogP contribution in [0.3, 0.4) is 0 Å². The summed E-state index contributed by atoms with van der Waals surface area (Å²) in [6, 6.07) is 3.58. The number of nitrogens with zero attached hydrogens (tertiary/aromatic N) is 1. The van der Waals surface area contributed by atoms with Gasteiger partial charge in [-0.2, -0.15) is 0 Å². The third kappa shape index (κ3) is 4.73. The minimum Gasteiger partial charge on any atom is -0.493 e. The molecule has 0 radical (unpaired) electrons. The van der Waals surface area contributed by atoms with E-state index in [9.17, 15) is 4.79 Å². The molecule has 1 unspecified atom stereocenters. The highest BCUT2D eigenvalue weighted by Gasteiger charge is 2.24. The van der Waals surface area contributed by atoms with Gasteiger partial charge < -0.3 is 24.4 Å². The fraction of sp³-hybridized carbons (Fsp3) is 0.562. The Kier molecular flexibility index (Phi) is 7.61. The standard InChI is InChI=1S/C16H24N2O4.ClH/c1-11-7-14(20-3)15(21-4)8-12(11)9-18(2)16(19)13-10-22-6-5-17-13;/h7-8,13,17H,5-6,9-10H2,1-4H3;1H. The molecule has 2 rings (SSSR count). The molecule has 1 aliphatic heterocycles. The van der Waals surface area contributed by atoms with Crippen molar-refractivity contribution in [3.8, 4) is 11.5 Å². The second-order valence-corrected chi connectivity index (χ2v) is 5.41. The van der Waals surface area contributed by atoms with Gasteiger partial charge in [0.2, 0.25) is 5.91 Å². The van der Waals surface area contributed by atoms with E-state index in [2.05, 4.69) is 5.32 Å². The maximum atomic E-state index is 12.4. The molecule has 0 aliphatic carbocycles. The summed E-state index contributed by atoms with van der Waals surface area (Å²) in [5, 5.41) is 3.18. The summed E-state index contributed by atoms with van der Waals surface area (Å²) in [7, 11) is 5.02. The van der Waals surface area contributed by atoms with Crippen LogP contribution in [0.4, 0.5) is 0 Å². The molecular weight excluding hydrogens is 320 g/mol. The number of methoxy groups -OCH3 is 2. The van der Waals surface area contributed by atoms with Gasteiger partial charge in [-0.3, -0.25) is 4.79 Å². The van der Waals surface area contributed by atoms with Crippen LogP contribution in [0, 0.1) is 6.92 Å². The van der Waals surface area contributed by atoms with Gasteiger partial charge in [0, 0.05) is 20.1 Å². The first-order chi connectivity index (χ1) is 10.6. The zero-order valence-electron chi connectivity index (χ0n) is 14.0. The minimum atomic E-state index is -0.265. The highest BCUT2D eigenvalue weighted by Crippen LogP contribution is 2.30. The van der Waals surface area contributed by atoms with Crippen LogP contribution in [0.1, 0.15) is 11.1 Å². The summed E-state index contributed by atoms with van der Waals surface area (Å²) in [5.41, 5.74) is 2.09. The summed E-state index contributed by atoms with van der Waals surface area (Å²) in [6.07, 6.45) is 0. The number of rotatable bonds is 5. The van der Waals surface area contributed by atoms with Crippen molar-refractivity contribution in [2.24, 2.45) is 0 Å². The van der Waals surface area contributed by atoms with Crippen LogP contribution in [0.2, 0.25) is 0 Å². The topological polar surface area (TPSA) is 60.0 Å². The molecule has 1 aromatic carbocycles. The van der Waals surface area contributed by atoms with Gasteiger partial charge in [-0.25, -0.2) is 0 Å². The Hall–Kier alpha value is -1.50. The number of ether oxygens (including phenoxy) is 3. The van der Waals surface area contributed by atoms with Crippen molar-refractivity contribution in [2.45, 2.75) is 19.5 Å². The molecule has 1 aromatic rings. The molecule has 0 saturated carbocycles. The lowest BCUT2D eigenvalue weighted by molar-refractivity contribution is -0.135. The van der Waals surface area contributed by atoms with E-state index in [0.717, 1.165) is 11.1 Å². The fourth-order valence-electron chi connectivity index (χ4n) is 2.52. The minimum absolute atomic E-state index is 0. The average Bonchev–Trinajstić information content (AvgIpc) is 2.56. The number of likely N-dealkylation sites (N-methyl/N-ethyl adjacent to an activating group) is 1. The maximum absolute atomic E-state index is 12.4. The van der Waals surface area contributed by atoms with Gasteiger partial charge in [-0.15, -0.1) is 12.4 Å². The van der Waals surface area contributed by atoms with Crippen molar-refractivity contribution in [1.29, 1.82) is 0 Å².